The second-order valence-corrected chi connectivity index (χ2v) is 4.68. The van der Waals surface area contributed by atoms with Gasteiger partial charge in [-0.1, -0.05) is 0 Å². The van der Waals surface area contributed by atoms with Gasteiger partial charge in [0.05, 0.1) is 13.3 Å². The average Bonchev–Trinajstić information content (AvgIpc) is 2.54. The standard InChI is InChI=1S/C15H14F3N3O2/c1-23-11-4-2-10(3-5-11)12(22)8-13(15(16,17)18)21-14-9-19-6-7-20-14/h2-7,9,13H,8H2,1H3,(H,20,21). The third kappa shape index (κ3) is 4.67. The van der Waals surface area contributed by atoms with Gasteiger partial charge in [-0.3, -0.25) is 9.78 Å². The molecule has 1 unspecified atom stereocenters. The minimum Gasteiger partial charge on any atom is -0.497 e. The summed E-state index contributed by atoms with van der Waals surface area (Å²) >= 11 is 0. The number of alkyl halides is 3. The number of ketones is 1. The van der Waals surface area contributed by atoms with E-state index in [2.05, 4.69) is 15.3 Å². The molecule has 0 amide bonds. The van der Waals surface area contributed by atoms with Crippen LogP contribution in [0.3, 0.4) is 0 Å². The number of methoxy groups -OCH3 is 1. The largest absolute Gasteiger partial charge is 0.497 e. The monoisotopic (exact) mass is 325 g/mol. The highest BCUT2D eigenvalue weighted by Gasteiger charge is 2.41. The van der Waals surface area contributed by atoms with Gasteiger partial charge in [-0.25, -0.2) is 4.98 Å². The predicted octanol–water partition coefficient (Wildman–Crippen LogP) is 3.10. The van der Waals surface area contributed by atoms with E-state index in [1.54, 1.807) is 0 Å². The van der Waals surface area contributed by atoms with Gasteiger partial charge >= 0.3 is 6.18 Å². The molecule has 0 aliphatic rings. The lowest BCUT2D eigenvalue weighted by Gasteiger charge is -2.21. The number of hydrogen-bond donors (Lipinski definition) is 1. The van der Waals surface area contributed by atoms with Crippen molar-refractivity contribution in [3.63, 3.8) is 0 Å². The van der Waals surface area contributed by atoms with Crippen molar-refractivity contribution in [2.24, 2.45) is 0 Å². The zero-order valence-corrected chi connectivity index (χ0v) is 12.2. The lowest BCUT2D eigenvalue weighted by Crippen LogP contribution is -2.38. The number of nitrogens with zero attached hydrogens (tertiary/aromatic N) is 2. The van der Waals surface area contributed by atoms with Crippen LogP contribution in [0.1, 0.15) is 16.8 Å². The van der Waals surface area contributed by atoms with Gasteiger partial charge in [0.25, 0.3) is 0 Å². The predicted molar refractivity (Wildman–Crippen MR) is 77.4 cm³/mol. The van der Waals surface area contributed by atoms with E-state index in [1.165, 1.54) is 43.8 Å². The number of ether oxygens (including phenoxy) is 1. The van der Waals surface area contributed by atoms with Gasteiger partial charge in [-0.05, 0) is 24.3 Å². The Hall–Kier alpha value is -2.64. The number of hydrogen-bond acceptors (Lipinski definition) is 5. The topological polar surface area (TPSA) is 64.1 Å². The first-order valence-corrected chi connectivity index (χ1v) is 6.66. The quantitative estimate of drug-likeness (QED) is 0.827. The van der Waals surface area contributed by atoms with Crippen LogP contribution in [-0.4, -0.2) is 35.1 Å². The Labute approximate surface area is 130 Å². The zero-order valence-electron chi connectivity index (χ0n) is 12.2. The molecule has 0 spiro atoms. The Morgan fingerprint density at radius 2 is 1.96 bits per heavy atom. The zero-order chi connectivity index (χ0) is 16.9. The third-order valence-corrected chi connectivity index (χ3v) is 3.08. The molecule has 5 nitrogen and oxygen atoms in total. The van der Waals surface area contributed by atoms with Gasteiger partial charge in [-0.2, -0.15) is 13.2 Å². The van der Waals surface area contributed by atoms with Crippen LogP contribution in [0.15, 0.2) is 42.9 Å². The van der Waals surface area contributed by atoms with Crippen LogP contribution in [0.5, 0.6) is 5.75 Å². The van der Waals surface area contributed by atoms with Gasteiger partial charge in [0.2, 0.25) is 0 Å². The third-order valence-electron chi connectivity index (χ3n) is 3.08. The summed E-state index contributed by atoms with van der Waals surface area (Å²) in [5, 5.41) is 2.20. The summed E-state index contributed by atoms with van der Waals surface area (Å²) < 4.78 is 44.3. The minimum absolute atomic E-state index is 0.0441. The fourth-order valence-electron chi connectivity index (χ4n) is 1.88. The van der Waals surface area contributed by atoms with E-state index in [9.17, 15) is 18.0 Å². The smallest absolute Gasteiger partial charge is 0.409 e. The molecule has 0 radical (unpaired) electrons. The first kappa shape index (κ1) is 16.7. The van der Waals surface area contributed by atoms with Crippen molar-refractivity contribution < 1.29 is 22.7 Å². The molecule has 0 saturated carbocycles. The highest BCUT2D eigenvalue weighted by molar-refractivity contribution is 5.96. The van der Waals surface area contributed by atoms with Crippen molar-refractivity contribution in [3.05, 3.63) is 48.4 Å². The lowest BCUT2D eigenvalue weighted by atomic mass is 10.0. The van der Waals surface area contributed by atoms with Gasteiger partial charge in [0.1, 0.15) is 17.6 Å². The van der Waals surface area contributed by atoms with E-state index in [4.69, 9.17) is 4.74 Å². The van der Waals surface area contributed by atoms with E-state index in [1.807, 2.05) is 0 Å². The van der Waals surface area contributed by atoms with E-state index >= 15 is 0 Å². The first-order chi connectivity index (χ1) is 10.9. The Kier molecular flexibility index (Phi) is 5.15. The van der Waals surface area contributed by atoms with Crippen molar-refractivity contribution in [2.75, 3.05) is 12.4 Å². The Morgan fingerprint density at radius 1 is 1.26 bits per heavy atom. The normalized spacial score (nSPS) is 12.5. The number of anilines is 1. The molecule has 1 heterocycles. The Morgan fingerprint density at radius 3 is 2.48 bits per heavy atom. The van der Waals surface area contributed by atoms with Crippen LogP contribution in [0.2, 0.25) is 0 Å². The summed E-state index contributed by atoms with van der Waals surface area (Å²) in [6, 6.07) is 3.85. The maximum atomic E-state index is 13.1. The molecule has 0 bridgehead atoms. The first-order valence-electron chi connectivity index (χ1n) is 6.66. The number of nitrogens with one attached hydrogen (secondary N) is 1. The average molecular weight is 325 g/mol. The number of benzene rings is 1. The summed E-state index contributed by atoms with van der Waals surface area (Å²) in [5.74, 6) is -0.157. The van der Waals surface area contributed by atoms with Gasteiger partial charge < -0.3 is 10.1 Å². The summed E-state index contributed by atoms with van der Waals surface area (Å²) in [5.41, 5.74) is 0.181. The highest BCUT2D eigenvalue weighted by atomic mass is 19.4. The summed E-state index contributed by atoms with van der Waals surface area (Å²) in [7, 11) is 1.46. The molecule has 0 fully saturated rings. The molecule has 8 heteroatoms. The second-order valence-electron chi connectivity index (χ2n) is 4.68. The summed E-state index contributed by atoms with van der Waals surface area (Å²) in [4.78, 5) is 19.5. The van der Waals surface area contributed by atoms with E-state index < -0.39 is 24.4 Å². The maximum absolute atomic E-state index is 13.1. The molecule has 1 aromatic heterocycles. The van der Waals surface area contributed by atoms with E-state index in [-0.39, 0.29) is 11.4 Å². The fraction of sp³-hybridized carbons (Fsp3) is 0.267. The molecule has 0 aliphatic heterocycles. The van der Waals surface area contributed by atoms with Gasteiger partial charge in [0, 0.05) is 24.4 Å². The molecule has 2 rings (SSSR count). The van der Waals surface area contributed by atoms with Crippen molar-refractivity contribution in [1.29, 1.82) is 0 Å². The van der Waals surface area contributed by atoms with Crippen LogP contribution >= 0.6 is 0 Å². The molecular weight excluding hydrogens is 311 g/mol. The highest BCUT2D eigenvalue weighted by Crippen LogP contribution is 2.26. The number of aromatic nitrogens is 2. The van der Waals surface area contributed by atoms with Crippen LogP contribution < -0.4 is 10.1 Å². The molecule has 1 N–H and O–H groups in total. The molecule has 0 saturated heterocycles. The number of carbonyl (C=O) groups excluding carboxylic acids is 1. The number of Topliss-reactive ketones (excluding diaryl/α,β-unsaturated/α-hetero) is 1. The fourth-order valence-corrected chi connectivity index (χ4v) is 1.88. The molecular formula is C15H14F3N3O2. The van der Waals surface area contributed by atoms with Gasteiger partial charge in [0.15, 0.2) is 5.78 Å². The maximum Gasteiger partial charge on any atom is 0.409 e. The van der Waals surface area contributed by atoms with Crippen molar-refractivity contribution in [3.8, 4) is 5.75 Å². The van der Waals surface area contributed by atoms with Crippen molar-refractivity contribution in [2.45, 2.75) is 18.6 Å². The molecule has 2 aromatic rings. The molecule has 1 atom stereocenters. The van der Waals surface area contributed by atoms with Gasteiger partial charge in [-0.15, -0.1) is 0 Å². The second kappa shape index (κ2) is 7.08. The van der Waals surface area contributed by atoms with E-state index in [0.29, 0.717) is 5.75 Å². The molecule has 0 aliphatic carbocycles. The lowest BCUT2D eigenvalue weighted by molar-refractivity contribution is -0.141. The van der Waals surface area contributed by atoms with Crippen LogP contribution in [-0.2, 0) is 0 Å². The van der Waals surface area contributed by atoms with Crippen molar-refractivity contribution >= 4 is 11.6 Å². The van der Waals surface area contributed by atoms with Crippen LogP contribution in [0.25, 0.3) is 0 Å². The number of carbonyl (C=O) groups is 1. The van der Waals surface area contributed by atoms with Crippen LogP contribution in [0.4, 0.5) is 19.0 Å². The minimum atomic E-state index is -4.60. The van der Waals surface area contributed by atoms with Crippen LogP contribution in [0, 0.1) is 0 Å². The Balaban J connectivity index is 2.12. The summed E-state index contributed by atoms with van der Waals surface area (Å²) in [6.45, 7) is 0. The molecule has 122 valence electrons. The number of rotatable bonds is 6. The summed E-state index contributed by atoms with van der Waals surface area (Å²) in [6.07, 6.45) is -1.57. The molecule has 1 aromatic carbocycles. The molecule has 23 heavy (non-hydrogen) atoms. The Bertz CT molecular complexity index is 645. The van der Waals surface area contributed by atoms with Crippen molar-refractivity contribution in [1.82, 2.24) is 9.97 Å². The SMILES string of the molecule is COc1ccc(C(=O)CC(Nc2cnccn2)C(F)(F)F)cc1. The van der Waals surface area contributed by atoms with E-state index in [0.717, 1.165) is 6.20 Å². The number of halogens is 3.